The molecule has 8 nitrogen and oxygen atoms in total. The zero-order valence-corrected chi connectivity index (χ0v) is 18.3. The molecule has 0 radical (unpaired) electrons. The van der Waals surface area contributed by atoms with Crippen LogP contribution in [-0.4, -0.2) is 43.1 Å². The Morgan fingerprint density at radius 1 is 0.879 bits per heavy atom. The van der Waals surface area contributed by atoms with Gasteiger partial charge in [-0.25, -0.2) is 0 Å². The predicted octanol–water partition coefficient (Wildman–Crippen LogP) is 3.73. The van der Waals surface area contributed by atoms with Gasteiger partial charge in [0, 0.05) is 24.1 Å². The second-order valence-electron chi connectivity index (χ2n) is 7.21. The molecule has 168 valence electrons. The maximum absolute atomic E-state index is 13.2. The average Bonchev–Trinajstić information content (AvgIpc) is 3.14. The monoisotopic (exact) mass is 446 g/mol. The fraction of sp³-hybridized carbons (Fsp3) is 0.160. The number of nitrogens with zero attached hydrogens (tertiary/aromatic N) is 2. The number of aromatic nitrogens is 1. The largest absolute Gasteiger partial charge is 0.507 e. The lowest BCUT2D eigenvalue weighted by atomic mass is 9.95. The summed E-state index contributed by atoms with van der Waals surface area (Å²) in [5.74, 6) is -0.466. The summed E-state index contributed by atoms with van der Waals surface area (Å²) < 4.78 is 15.8. The highest BCUT2D eigenvalue weighted by molar-refractivity contribution is 6.51. The number of hydrogen-bond donors (Lipinski definition) is 1. The Balaban J connectivity index is 1.93. The predicted molar refractivity (Wildman–Crippen MR) is 122 cm³/mol. The number of methoxy groups -OCH3 is 3. The molecule has 4 rings (SSSR count). The Bertz CT molecular complexity index is 1220. The Kier molecular flexibility index (Phi) is 5.99. The number of amides is 1. The highest BCUT2D eigenvalue weighted by Crippen LogP contribution is 2.43. The van der Waals surface area contributed by atoms with E-state index in [9.17, 15) is 14.7 Å². The number of pyridine rings is 1. The number of rotatable bonds is 6. The molecule has 2 aromatic carbocycles. The van der Waals surface area contributed by atoms with Crippen molar-refractivity contribution in [3.05, 3.63) is 83.7 Å². The van der Waals surface area contributed by atoms with Crippen LogP contribution in [0.2, 0.25) is 0 Å². The van der Waals surface area contributed by atoms with Gasteiger partial charge in [-0.2, -0.15) is 0 Å². The van der Waals surface area contributed by atoms with Crippen LogP contribution in [0.25, 0.3) is 5.76 Å². The van der Waals surface area contributed by atoms with E-state index in [1.807, 2.05) is 0 Å². The van der Waals surface area contributed by atoms with E-state index in [1.54, 1.807) is 74.1 Å². The molecule has 1 atom stereocenters. The Morgan fingerprint density at radius 2 is 1.52 bits per heavy atom. The van der Waals surface area contributed by atoms with Gasteiger partial charge in [-0.3, -0.25) is 19.5 Å². The smallest absolute Gasteiger partial charge is 0.300 e. The average molecular weight is 446 g/mol. The van der Waals surface area contributed by atoms with E-state index in [4.69, 9.17) is 14.2 Å². The Hall–Kier alpha value is -4.33. The minimum absolute atomic E-state index is 0.0505. The van der Waals surface area contributed by atoms with Gasteiger partial charge in [-0.05, 0) is 54.1 Å². The van der Waals surface area contributed by atoms with Crippen molar-refractivity contribution in [2.75, 3.05) is 26.2 Å². The van der Waals surface area contributed by atoms with Crippen molar-refractivity contribution in [3.63, 3.8) is 0 Å². The number of hydrogen-bond acceptors (Lipinski definition) is 7. The van der Waals surface area contributed by atoms with Crippen molar-refractivity contribution in [1.29, 1.82) is 0 Å². The first-order valence-electron chi connectivity index (χ1n) is 10.1. The highest BCUT2D eigenvalue weighted by atomic mass is 16.5. The molecule has 1 saturated heterocycles. The van der Waals surface area contributed by atoms with Gasteiger partial charge in [0.15, 0.2) is 0 Å². The van der Waals surface area contributed by atoms with E-state index in [2.05, 4.69) is 4.98 Å². The minimum Gasteiger partial charge on any atom is -0.507 e. The van der Waals surface area contributed by atoms with Gasteiger partial charge in [0.2, 0.25) is 0 Å². The van der Waals surface area contributed by atoms with Crippen LogP contribution in [0.1, 0.15) is 17.2 Å². The van der Waals surface area contributed by atoms with Crippen molar-refractivity contribution in [2.24, 2.45) is 0 Å². The van der Waals surface area contributed by atoms with Gasteiger partial charge in [0.1, 0.15) is 23.0 Å². The summed E-state index contributed by atoms with van der Waals surface area (Å²) in [5.41, 5.74) is 1.32. The molecule has 0 saturated carbocycles. The normalized spacial score (nSPS) is 17.2. The quantitative estimate of drug-likeness (QED) is 0.350. The van der Waals surface area contributed by atoms with Crippen molar-refractivity contribution in [1.82, 2.24) is 4.98 Å². The number of aliphatic hydroxyl groups excluding tert-OH is 1. The first-order chi connectivity index (χ1) is 16.0. The van der Waals surface area contributed by atoms with Gasteiger partial charge in [-0.1, -0.05) is 0 Å². The van der Waals surface area contributed by atoms with Gasteiger partial charge in [0.25, 0.3) is 11.7 Å². The Labute approximate surface area is 190 Å². The molecule has 1 aliphatic heterocycles. The second kappa shape index (κ2) is 9.04. The molecule has 3 aromatic rings. The lowest BCUT2D eigenvalue weighted by molar-refractivity contribution is -0.132. The van der Waals surface area contributed by atoms with Gasteiger partial charge in [0.05, 0.1) is 38.5 Å². The Morgan fingerprint density at radius 3 is 2.12 bits per heavy atom. The number of anilines is 1. The lowest BCUT2D eigenvalue weighted by Gasteiger charge is -2.25. The molecule has 1 aliphatic rings. The van der Waals surface area contributed by atoms with E-state index in [0.29, 0.717) is 28.5 Å². The SMILES string of the molecule is COc1ccc(N2C(=O)C(=O)/C(=C(\O)c3ccc(OC)cc3OC)C2c2ccncc2)cc1. The zero-order chi connectivity index (χ0) is 23.5. The summed E-state index contributed by atoms with van der Waals surface area (Å²) in [5, 5.41) is 11.3. The maximum atomic E-state index is 13.2. The zero-order valence-electron chi connectivity index (χ0n) is 18.3. The third-order valence-corrected chi connectivity index (χ3v) is 5.48. The molecule has 1 fully saturated rings. The molecule has 1 unspecified atom stereocenters. The lowest BCUT2D eigenvalue weighted by Crippen LogP contribution is -2.29. The molecule has 0 aliphatic carbocycles. The fourth-order valence-electron chi connectivity index (χ4n) is 3.84. The molecule has 1 N–H and O–H groups in total. The number of aliphatic hydroxyl groups is 1. The first kappa shape index (κ1) is 21.9. The topological polar surface area (TPSA) is 98.2 Å². The molecule has 33 heavy (non-hydrogen) atoms. The molecule has 8 heteroatoms. The number of ether oxygens (including phenoxy) is 3. The van der Waals surface area contributed by atoms with E-state index >= 15 is 0 Å². The number of Topliss-reactive ketones (excluding diaryl/α,β-unsaturated/α-hetero) is 1. The van der Waals surface area contributed by atoms with Gasteiger partial charge in [-0.15, -0.1) is 0 Å². The summed E-state index contributed by atoms with van der Waals surface area (Å²) in [6, 6.07) is 14.1. The van der Waals surface area contributed by atoms with Crippen LogP contribution in [0.5, 0.6) is 17.2 Å². The summed E-state index contributed by atoms with van der Waals surface area (Å²) in [6.45, 7) is 0. The number of carbonyl (C=O) groups is 2. The van der Waals surface area contributed by atoms with E-state index in [0.717, 1.165) is 0 Å². The molecule has 1 amide bonds. The van der Waals surface area contributed by atoms with Crippen LogP contribution in [0, 0.1) is 0 Å². The van der Waals surface area contributed by atoms with E-state index in [1.165, 1.54) is 19.1 Å². The minimum atomic E-state index is -0.867. The van der Waals surface area contributed by atoms with Crippen LogP contribution >= 0.6 is 0 Å². The fourth-order valence-corrected chi connectivity index (χ4v) is 3.84. The molecule has 2 heterocycles. The number of benzene rings is 2. The first-order valence-corrected chi connectivity index (χ1v) is 10.1. The van der Waals surface area contributed by atoms with Crippen LogP contribution in [0.15, 0.2) is 72.6 Å². The number of ketones is 1. The summed E-state index contributed by atoms with van der Waals surface area (Å²) in [4.78, 5) is 31.8. The number of carbonyl (C=O) groups excluding carboxylic acids is 2. The molecular formula is C25H22N2O6. The van der Waals surface area contributed by atoms with Crippen molar-refractivity contribution in [2.45, 2.75) is 6.04 Å². The molecule has 1 aromatic heterocycles. The third-order valence-electron chi connectivity index (χ3n) is 5.48. The van der Waals surface area contributed by atoms with Crippen LogP contribution in [0.4, 0.5) is 5.69 Å². The summed E-state index contributed by atoms with van der Waals surface area (Å²) >= 11 is 0. The van der Waals surface area contributed by atoms with Crippen LogP contribution in [-0.2, 0) is 9.59 Å². The molecule has 0 bridgehead atoms. The van der Waals surface area contributed by atoms with Crippen molar-refractivity contribution >= 4 is 23.1 Å². The molecular weight excluding hydrogens is 424 g/mol. The van der Waals surface area contributed by atoms with E-state index < -0.39 is 17.7 Å². The van der Waals surface area contributed by atoms with Crippen LogP contribution in [0.3, 0.4) is 0 Å². The van der Waals surface area contributed by atoms with Crippen LogP contribution < -0.4 is 19.1 Å². The van der Waals surface area contributed by atoms with Crippen molar-refractivity contribution in [3.8, 4) is 17.2 Å². The van der Waals surface area contributed by atoms with Crippen molar-refractivity contribution < 1.29 is 28.9 Å². The third kappa shape index (κ3) is 3.87. The maximum Gasteiger partial charge on any atom is 0.300 e. The summed E-state index contributed by atoms with van der Waals surface area (Å²) in [7, 11) is 4.50. The molecule has 0 spiro atoms. The standard InChI is InChI=1S/C25H22N2O6/c1-31-17-6-4-16(5-7-17)27-22(15-10-12-26-13-11-15)21(24(29)25(27)30)23(28)19-9-8-18(32-2)14-20(19)33-3/h4-14,22,28H,1-3H3/b23-21-. The van der Waals surface area contributed by atoms with E-state index in [-0.39, 0.29) is 16.9 Å². The van der Waals surface area contributed by atoms with Gasteiger partial charge >= 0.3 is 0 Å². The highest BCUT2D eigenvalue weighted by Gasteiger charge is 2.47. The van der Waals surface area contributed by atoms with Gasteiger partial charge < -0.3 is 19.3 Å². The summed E-state index contributed by atoms with van der Waals surface area (Å²) in [6.07, 6.45) is 3.13. The second-order valence-corrected chi connectivity index (χ2v) is 7.21.